The summed E-state index contributed by atoms with van der Waals surface area (Å²) in [5, 5.41) is 0. The van der Waals surface area contributed by atoms with Crippen molar-refractivity contribution in [3.63, 3.8) is 0 Å². The predicted octanol–water partition coefficient (Wildman–Crippen LogP) is 1.59. The van der Waals surface area contributed by atoms with Gasteiger partial charge in [0.25, 0.3) is 0 Å². The third-order valence-electron chi connectivity index (χ3n) is 2.71. The molecule has 1 aromatic carbocycles. The zero-order valence-electron chi connectivity index (χ0n) is 8.62. The van der Waals surface area contributed by atoms with Crippen LogP contribution in [0.1, 0.15) is 33.9 Å². The lowest BCUT2D eigenvalue weighted by atomic mass is 9.98. The minimum Gasteiger partial charge on any atom is -0.366 e. The van der Waals surface area contributed by atoms with E-state index in [-0.39, 0.29) is 11.9 Å². The Bertz CT molecular complexity index is 417. The molecule has 1 amide bonds. The van der Waals surface area contributed by atoms with Gasteiger partial charge in [-0.2, -0.15) is 0 Å². The van der Waals surface area contributed by atoms with E-state index in [1.54, 1.807) is 11.8 Å². The first-order valence-corrected chi connectivity index (χ1v) is 5.91. The lowest BCUT2D eigenvalue weighted by Gasteiger charge is -2.22. The fourth-order valence-electron chi connectivity index (χ4n) is 1.84. The van der Waals surface area contributed by atoms with Crippen molar-refractivity contribution in [2.24, 2.45) is 11.5 Å². The van der Waals surface area contributed by atoms with E-state index in [1.165, 1.54) is 0 Å². The van der Waals surface area contributed by atoms with Crippen LogP contribution in [0.2, 0.25) is 0 Å². The maximum Gasteiger partial charge on any atom is 0.249 e. The number of nitrogens with two attached hydrogens (primary N) is 2. The van der Waals surface area contributed by atoms with Crippen LogP contribution in [0, 0.1) is 6.92 Å². The Kier molecular flexibility index (Phi) is 2.71. The third-order valence-corrected chi connectivity index (χ3v) is 3.81. The largest absolute Gasteiger partial charge is 0.366 e. The van der Waals surface area contributed by atoms with Crippen molar-refractivity contribution < 1.29 is 4.79 Å². The summed E-state index contributed by atoms with van der Waals surface area (Å²) in [6.45, 7) is 1.90. The highest BCUT2D eigenvalue weighted by Crippen LogP contribution is 2.36. The molecule has 4 N–H and O–H groups in total. The van der Waals surface area contributed by atoms with Gasteiger partial charge < -0.3 is 11.5 Å². The summed E-state index contributed by atoms with van der Waals surface area (Å²) in [4.78, 5) is 12.3. The first-order chi connectivity index (χ1) is 7.09. The zero-order valence-corrected chi connectivity index (χ0v) is 9.43. The first kappa shape index (κ1) is 10.5. The molecule has 0 radical (unpaired) electrons. The fourth-order valence-corrected chi connectivity index (χ4v) is 3.01. The summed E-state index contributed by atoms with van der Waals surface area (Å²) < 4.78 is 0. The molecule has 0 saturated carbocycles. The molecule has 1 aliphatic rings. The maximum absolute atomic E-state index is 11.2. The molecule has 0 bridgehead atoms. The SMILES string of the molecule is Cc1cc2c(cc1C(N)=O)SCCC2N. The van der Waals surface area contributed by atoms with Gasteiger partial charge in [0.15, 0.2) is 0 Å². The average molecular weight is 222 g/mol. The second-order valence-corrected chi connectivity index (χ2v) is 4.95. The summed E-state index contributed by atoms with van der Waals surface area (Å²) in [5.74, 6) is 0.644. The molecule has 4 heteroatoms. The summed E-state index contributed by atoms with van der Waals surface area (Å²) in [6.07, 6.45) is 0.993. The van der Waals surface area contributed by atoms with E-state index in [1.807, 2.05) is 19.1 Å². The number of carbonyl (C=O) groups is 1. The van der Waals surface area contributed by atoms with Crippen molar-refractivity contribution >= 4 is 17.7 Å². The normalized spacial score (nSPS) is 19.7. The van der Waals surface area contributed by atoms with Crippen LogP contribution in [0.15, 0.2) is 17.0 Å². The number of primary amides is 1. The molecule has 0 aliphatic carbocycles. The van der Waals surface area contributed by atoms with Crippen LogP contribution in [0.3, 0.4) is 0 Å². The van der Waals surface area contributed by atoms with Crippen molar-refractivity contribution in [2.75, 3.05) is 5.75 Å². The van der Waals surface area contributed by atoms with Crippen LogP contribution in [0.4, 0.5) is 0 Å². The van der Waals surface area contributed by atoms with Gasteiger partial charge in [-0.1, -0.05) is 6.07 Å². The Labute approximate surface area is 93.2 Å². The van der Waals surface area contributed by atoms with Gasteiger partial charge >= 0.3 is 0 Å². The summed E-state index contributed by atoms with van der Waals surface area (Å²) >= 11 is 1.74. The second kappa shape index (κ2) is 3.87. The van der Waals surface area contributed by atoms with Crippen LogP contribution >= 0.6 is 11.8 Å². The highest BCUT2D eigenvalue weighted by Gasteiger charge is 2.19. The number of amides is 1. The van der Waals surface area contributed by atoms with Gasteiger partial charge in [0.2, 0.25) is 5.91 Å². The molecular formula is C11H14N2OS. The van der Waals surface area contributed by atoms with E-state index in [2.05, 4.69) is 0 Å². The summed E-state index contributed by atoms with van der Waals surface area (Å²) in [7, 11) is 0. The van der Waals surface area contributed by atoms with Crippen molar-refractivity contribution in [3.8, 4) is 0 Å². The Balaban J connectivity index is 2.54. The summed E-state index contributed by atoms with van der Waals surface area (Å²) in [6, 6.07) is 3.96. The maximum atomic E-state index is 11.2. The molecule has 1 unspecified atom stereocenters. The number of aryl methyl sites for hydroxylation is 1. The molecule has 1 atom stereocenters. The Morgan fingerprint density at radius 1 is 1.53 bits per heavy atom. The van der Waals surface area contributed by atoms with Crippen LogP contribution in [-0.4, -0.2) is 11.7 Å². The molecule has 1 heterocycles. The van der Waals surface area contributed by atoms with E-state index in [0.29, 0.717) is 5.56 Å². The van der Waals surface area contributed by atoms with Gasteiger partial charge in [-0.3, -0.25) is 4.79 Å². The number of thioether (sulfide) groups is 1. The van der Waals surface area contributed by atoms with E-state index in [9.17, 15) is 4.79 Å². The van der Waals surface area contributed by atoms with E-state index in [4.69, 9.17) is 11.5 Å². The van der Waals surface area contributed by atoms with Gasteiger partial charge in [0.1, 0.15) is 0 Å². The number of benzene rings is 1. The molecule has 1 aromatic rings. The Morgan fingerprint density at radius 3 is 2.93 bits per heavy atom. The lowest BCUT2D eigenvalue weighted by molar-refractivity contribution is 0.0999. The molecule has 0 aromatic heterocycles. The molecule has 15 heavy (non-hydrogen) atoms. The Morgan fingerprint density at radius 2 is 2.27 bits per heavy atom. The third kappa shape index (κ3) is 1.87. The fraction of sp³-hybridized carbons (Fsp3) is 0.364. The molecule has 1 aliphatic heterocycles. The van der Waals surface area contributed by atoms with Gasteiger partial charge in [0, 0.05) is 16.5 Å². The molecular weight excluding hydrogens is 208 g/mol. The van der Waals surface area contributed by atoms with Gasteiger partial charge in [-0.05, 0) is 36.3 Å². The smallest absolute Gasteiger partial charge is 0.249 e. The van der Waals surface area contributed by atoms with Crippen molar-refractivity contribution in [1.82, 2.24) is 0 Å². The van der Waals surface area contributed by atoms with E-state index in [0.717, 1.165) is 28.2 Å². The standard InChI is InChI=1S/C11H14N2OS/c1-6-4-8-9(12)2-3-15-10(8)5-7(6)11(13)14/h4-5,9H,2-3,12H2,1H3,(H2,13,14). The summed E-state index contributed by atoms with van der Waals surface area (Å²) in [5.41, 5.74) is 14.0. The number of hydrogen-bond donors (Lipinski definition) is 2. The topological polar surface area (TPSA) is 69.1 Å². The van der Waals surface area contributed by atoms with E-state index >= 15 is 0 Å². The minimum absolute atomic E-state index is 0.0990. The van der Waals surface area contributed by atoms with Crippen LogP contribution in [-0.2, 0) is 0 Å². The quantitative estimate of drug-likeness (QED) is 0.758. The first-order valence-electron chi connectivity index (χ1n) is 4.92. The highest BCUT2D eigenvalue weighted by atomic mass is 32.2. The molecule has 2 rings (SSSR count). The van der Waals surface area contributed by atoms with E-state index < -0.39 is 0 Å². The lowest BCUT2D eigenvalue weighted by Crippen LogP contribution is -2.19. The average Bonchev–Trinajstić information content (AvgIpc) is 2.18. The van der Waals surface area contributed by atoms with Crippen LogP contribution in [0.25, 0.3) is 0 Å². The number of rotatable bonds is 1. The Hall–Kier alpha value is -1.00. The molecule has 3 nitrogen and oxygen atoms in total. The van der Waals surface area contributed by atoms with Gasteiger partial charge in [0.05, 0.1) is 0 Å². The molecule has 0 fully saturated rings. The monoisotopic (exact) mass is 222 g/mol. The van der Waals surface area contributed by atoms with Crippen LogP contribution < -0.4 is 11.5 Å². The van der Waals surface area contributed by atoms with Crippen molar-refractivity contribution in [3.05, 3.63) is 28.8 Å². The zero-order chi connectivity index (χ0) is 11.0. The highest BCUT2D eigenvalue weighted by molar-refractivity contribution is 7.99. The van der Waals surface area contributed by atoms with Crippen molar-refractivity contribution in [1.29, 1.82) is 0 Å². The molecule has 80 valence electrons. The number of fused-ring (bicyclic) bond motifs is 1. The second-order valence-electron chi connectivity index (χ2n) is 3.81. The number of hydrogen-bond acceptors (Lipinski definition) is 3. The predicted molar refractivity (Wildman–Crippen MR) is 62.0 cm³/mol. The van der Waals surface area contributed by atoms with Crippen LogP contribution in [0.5, 0.6) is 0 Å². The van der Waals surface area contributed by atoms with Gasteiger partial charge in [-0.15, -0.1) is 11.8 Å². The molecule has 0 spiro atoms. The molecule has 0 saturated heterocycles. The number of carbonyl (C=O) groups excluding carboxylic acids is 1. The van der Waals surface area contributed by atoms with Crippen molar-refractivity contribution in [2.45, 2.75) is 24.3 Å². The minimum atomic E-state index is -0.366. The van der Waals surface area contributed by atoms with Gasteiger partial charge in [-0.25, -0.2) is 0 Å².